The zero-order valence-electron chi connectivity index (χ0n) is 13.0. The molecule has 0 bridgehead atoms. The molecule has 1 unspecified atom stereocenters. The van der Waals surface area contributed by atoms with Gasteiger partial charge in [0.25, 0.3) is 0 Å². The van der Waals surface area contributed by atoms with Gasteiger partial charge in [0.1, 0.15) is 24.3 Å². The summed E-state index contributed by atoms with van der Waals surface area (Å²) in [5, 5.41) is 10.2. The molecule has 3 rings (SSSR count). The zero-order valence-corrected chi connectivity index (χ0v) is 13.0. The van der Waals surface area contributed by atoms with E-state index < -0.39 is 6.10 Å². The summed E-state index contributed by atoms with van der Waals surface area (Å²) >= 11 is 0. The van der Waals surface area contributed by atoms with Crippen LogP contribution >= 0.6 is 0 Å². The monoisotopic (exact) mass is 309 g/mol. The first-order valence-electron chi connectivity index (χ1n) is 7.51. The lowest BCUT2D eigenvalue weighted by Gasteiger charge is -2.15. The van der Waals surface area contributed by atoms with E-state index >= 15 is 0 Å². The van der Waals surface area contributed by atoms with Crippen LogP contribution in [-0.4, -0.2) is 32.4 Å². The molecule has 23 heavy (non-hydrogen) atoms. The van der Waals surface area contributed by atoms with Crippen LogP contribution in [0.15, 0.2) is 61.2 Å². The van der Waals surface area contributed by atoms with Gasteiger partial charge in [-0.1, -0.05) is 12.1 Å². The highest BCUT2D eigenvalue weighted by Gasteiger charge is 2.11. The van der Waals surface area contributed by atoms with E-state index in [4.69, 9.17) is 4.74 Å². The Hall–Kier alpha value is -2.66. The Balaban J connectivity index is 1.63. The van der Waals surface area contributed by atoms with Gasteiger partial charge < -0.3 is 14.4 Å². The van der Waals surface area contributed by atoms with Gasteiger partial charge in [-0.15, -0.1) is 0 Å². The maximum atomic E-state index is 10.2. The number of benzene rings is 1. The highest BCUT2D eigenvalue weighted by Crippen LogP contribution is 2.17. The van der Waals surface area contributed by atoms with Gasteiger partial charge in [-0.3, -0.25) is 4.98 Å². The van der Waals surface area contributed by atoms with Crippen molar-refractivity contribution in [2.75, 3.05) is 6.61 Å². The SMILES string of the molecule is Cc1cccc(OCC(O)Cn2ccnc2-c2ccncc2)c1. The molecule has 1 atom stereocenters. The van der Waals surface area contributed by atoms with E-state index in [2.05, 4.69) is 9.97 Å². The molecule has 0 spiro atoms. The molecular formula is C18H19N3O2. The van der Waals surface area contributed by atoms with Crippen LogP contribution in [0.2, 0.25) is 0 Å². The number of aliphatic hydroxyl groups is 1. The van der Waals surface area contributed by atoms with Gasteiger partial charge in [-0.05, 0) is 36.8 Å². The van der Waals surface area contributed by atoms with E-state index in [0.717, 1.165) is 22.7 Å². The van der Waals surface area contributed by atoms with Gasteiger partial charge in [-0.25, -0.2) is 4.98 Å². The molecule has 0 aliphatic heterocycles. The Kier molecular flexibility index (Phi) is 4.68. The van der Waals surface area contributed by atoms with Gasteiger partial charge in [-0.2, -0.15) is 0 Å². The maximum Gasteiger partial charge on any atom is 0.140 e. The number of ether oxygens (including phenoxy) is 1. The first-order chi connectivity index (χ1) is 11.2. The standard InChI is InChI=1S/C18H19N3O2/c1-14-3-2-4-17(11-14)23-13-16(22)12-21-10-9-20-18(21)15-5-7-19-8-6-15/h2-11,16,22H,12-13H2,1H3. The smallest absolute Gasteiger partial charge is 0.140 e. The molecule has 0 aliphatic carbocycles. The van der Waals surface area contributed by atoms with Crippen LogP contribution in [0.4, 0.5) is 0 Å². The van der Waals surface area contributed by atoms with E-state index in [0.29, 0.717) is 6.54 Å². The Morgan fingerprint density at radius 3 is 2.78 bits per heavy atom. The zero-order chi connectivity index (χ0) is 16.1. The third-order valence-electron chi connectivity index (χ3n) is 3.49. The van der Waals surface area contributed by atoms with E-state index in [1.807, 2.05) is 54.1 Å². The number of nitrogens with zero attached hydrogens (tertiary/aromatic N) is 3. The van der Waals surface area contributed by atoms with Crippen molar-refractivity contribution in [2.24, 2.45) is 0 Å². The number of hydrogen-bond donors (Lipinski definition) is 1. The van der Waals surface area contributed by atoms with Gasteiger partial charge in [0, 0.05) is 30.4 Å². The summed E-state index contributed by atoms with van der Waals surface area (Å²) in [5.41, 5.74) is 2.10. The van der Waals surface area contributed by atoms with Crippen molar-refractivity contribution in [1.29, 1.82) is 0 Å². The van der Waals surface area contributed by atoms with Crippen molar-refractivity contribution < 1.29 is 9.84 Å². The summed E-state index contributed by atoms with van der Waals surface area (Å²) in [6.07, 6.45) is 6.41. The fraction of sp³-hybridized carbons (Fsp3) is 0.222. The minimum Gasteiger partial charge on any atom is -0.491 e. The second-order valence-electron chi connectivity index (χ2n) is 5.42. The topological polar surface area (TPSA) is 60.2 Å². The Morgan fingerprint density at radius 2 is 2.00 bits per heavy atom. The van der Waals surface area contributed by atoms with Gasteiger partial charge >= 0.3 is 0 Å². The minimum absolute atomic E-state index is 0.234. The second-order valence-corrected chi connectivity index (χ2v) is 5.42. The van der Waals surface area contributed by atoms with Gasteiger partial charge in [0.2, 0.25) is 0 Å². The molecule has 0 saturated heterocycles. The van der Waals surface area contributed by atoms with Crippen LogP contribution in [0.1, 0.15) is 5.56 Å². The van der Waals surface area contributed by atoms with Crippen molar-refractivity contribution in [3.05, 3.63) is 66.7 Å². The largest absolute Gasteiger partial charge is 0.491 e. The lowest BCUT2D eigenvalue weighted by Crippen LogP contribution is -2.23. The van der Waals surface area contributed by atoms with Crippen LogP contribution in [0.25, 0.3) is 11.4 Å². The average molecular weight is 309 g/mol. The number of hydrogen-bond acceptors (Lipinski definition) is 4. The molecule has 0 aliphatic rings. The van der Waals surface area contributed by atoms with E-state index in [1.165, 1.54) is 0 Å². The molecule has 2 aromatic heterocycles. The highest BCUT2D eigenvalue weighted by molar-refractivity contribution is 5.54. The van der Waals surface area contributed by atoms with Crippen LogP contribution in [0.5, 0.6) is 5.75 Å². The van der Waals surface area contributed by atoms with Crippen molar-refractivity contribution in [3.63, 3.8) is 0 Å². The molecular weight excluding hydrogens is 290 g/mol. The summed E-state index contributed by atoms with van der Waals surface area (Å²) in [6.45, 7) is 2.66. The van der Waals surface area contributed by atoms with Gasteiger partial charge in [0.15, 0.2) is 0 Å². The molecule has 0 radical (unpaired) electrons. The number of imidazole rings is 1. The molecule has 1 N–H and O–H groups in total. The summed E-state index contributed by atoms with van der Waals surface area (Å²) in [6, 6.07) is 11.6. The van der Waals surface area contributed by atoms with Crippen molar-refractivity contribution in [2.45, 2.75) is 19.6 Å². The van der Waals surface area contributed by atoms with Crippen molar-refractivity contribution >= 4 is 0 Å². The number of pyridine rings is 1. The minimum atomic E-state index is -0.620. The lowest BCUT2D eigenvalue weighted by atomic mass is 10.2. The van der Waals surface area contributed by atoms with Crippen LogP contribution in [0, 0.1) is 6.92 Å². The van der Waals surface area contributed by atoms with Crippen LogP contribution in [-0.2, 0) is 6.54 Å². The predicted molar refractivity (Wildman–Crippen MR) is 88.1 cm³/mol. The molecule has 0 fully saturated rings. The Morgan fingerprint density at radius 1 is 1.17 bits per heavy atom. The third-order valence-corrected chi connectivity index (χ3v) is 3.49. The van der Waals surface area contributed by atoms with E-state index in [-0.39, 0.29) is 6.61 Å². The second kappa shape index (κ2) is 7.07. The van der Waals surface area contributed by atoms with Gasteiger partial charge in [0.05, 0.1) is 6.54 Å². The molecule has 5 nitrogen and oxygen atoms in total. The molecule has 0 amide bonds. The predicted octanol–water partition coefficient (Wildman–Crippen LogP) is 2.69. The van der Waals surface area contributed by atoms with Crippen LogP contribution < -0.4 is 4.74 Å². The Labute approximate surface area is 135 Å². The number of aliphatic hydroxyl groups excluding tert-OH is 1. The molecule has 3 aromatic rings. The summed E-state index contributed by atoms with van der Waals surface area (Å²) in [4.78, 5) is 8.36. The van der Waals surface area contributed by atoms with E-state index in [1.54, 1.807) is 18.6 Å². The molecule has 118 valence electrons. The average Bonchev–Trinajstić information content (AvgIpc) is 3.02. The van der Waals surface area contributed by atoms with Crippen molar-refractivity contribution in [1.82, 2.24) is 14.5 Å². The van der Waals surface area contributed by atoms with E-state index in [9.17, 15) is 5.11 Å². The molecule has 0 saturated carbocycles. The third kappa shape index (κ3) is 3.96. The summed E-state index contributed by atoms with van der Waals surface area (Å²) in [7, 11) is 0. The summed E-state index contributed by atoms with van der Waals surface area (Å²) < 4.78 is 7.57. The number of aryl methyl sites for hydroxylation is 1. The Bertz CT molecular complexity index is 756. The first-order valence-corrected chi connectivity index (χ1v) is 7.51. The van der Waals surface area contributed by atoms with Crippen molar-refractivity contribution in [3.8, 4) is 17.1 Å². The molecule has 1 aromatic carbocycles. The summed E-state index contributed by atoms with van der Waals surface area (Å²) in [5.74, 6) is 1.58. The fourth-order valence-electron chi connectivity index (χ4n) is 2.40. The normalized spacial score (nSPS) is 12.1. The quantitative estimate of drug-likeness (QED) is 0.760. The highest BCUT2D eigenvalue weighted by atomic mass is 16.5. The molecule has 2 heterocycles. The lowest BCUT2D eigenvalue weighted by molar-refractivity contribution is 0.0928. The number of rotatable bonds is 6. The maximum absolute atomic E-state index is 10.2. The molecule has 5 heteroatoms. The van der Waals surface area contributed by atoms with Crippen LogP contribution in [0.3, 0.4) is 0 Å². The fourth-order valence-corrected chi connectivity index (χ4v) is 2.40. The number of aromatic nitrogens is 3. The first kappa shape index (κ1) is 15.2.